The smallest absolute Gasteiger partial charge is 0.282 e. The molecular formula is C18H13O3PS. The highest BCUT2D eigenvalue weighted by Gasteiger charge is 2.16. The Morgan fingerprint density at radius 1 is 0.739 bits per heavy atom. The van der Waals surface area contributed by atoms with E-state index >= 15 is 0 Å². The molecule has 0 saturated heterocycles. The summed E-state index contributed by atoms with van der Waals surface area (Å²) < 4.78 is 32.2. The van der Waals surface area contributed by atoms with Crippen LogP contribution in [0.3, 0.4) is 0 Å². The van der Waals surface area contributed by atoms with E-state index in [1.165, 1.54) is 16.5 Å². The zero-order valence-corrected chi connectivity index (χ0v) is 13.8. The van der Waals surface area contributed by atoms with Crippen molar-refractivity contribution in [3.63, 3.8) is 0 Å². The highest BCUT2D eigenvalue weighted by molar-refractivity contribution is 7.85. The molecule has 4 rings (SSSR count). The molecule has 0 aliphatic carbocycles. The van der Waals surface area contributed by atoms with Crippen LogP contribution in [0, 0.1) is 0 Å². The van der Waals surface area contributed by atoms with Gasteiger partial charge in [-0.1, -0.05) is 62.1 Å². The summed E-state index contributed by atoms with van der Waals surface area (Å²) in [6.45, 7) is 0. The zero-order chi connectivity index (χ0) is 16.0. The first-order chi connectivity index (χ1) is 11.1. The second kappa shape index (κ2) is 5.20. The molecular weight excluding hydrogens is 327 g/mol. The van der Waals surface area contributed by atoms with Crippen LogP contribution in [-0.2, 0) is 10.1 Å². The number of rotatable bonds is 2. The zero-order valence-electron chi connectivity index (χ0n) is 12.0. The Kier molecular flexibility index (Phi) is 3.27. The lowest BCUT2D eigenvalue weighted by Crippen LogP contribution is -1.96. The Bertz CT molecular complexity index is 1130. The van der Waals surface area contributed by atoms with E-state index in [0.29, 0.717) is 0 Å². The van der Waals surface area contributed by atoms with Crippen molar-refractivity contribution in [1.29, 1.82) is 0 Å². The first-order valence-electron chi connectivity index (χ1n) is 7.12. The van der Waals surface area contributed by atoms with Crippen LogP contribution in [0.25, 0.3) is 26.3 Å². The molecule has 1 atom stereocenters. The van der Waals surface area contributed by atoms with Crippen LogP contribution in [0.4, 0.5) is 0 Å². The van der Waals surface area contributed by atoms with Gasteiger partial charge in [0.25, 0.3) is 10.1 Å². The van der Waals surface area contributed by atoms with Gasteiger partial charge in [-0.3, -0.25) is 4.55 Å². The van der Waals surface area contributed by atoms with E-state index in [4.69, 9.17) is 0 Å². The number of benzene rings is 3. The molecule has 23 heavy (non-hydrogen) atoms. The maximum atomic E-state index is 11.5. The summed E-state index contributed by atoms with van der Waals surface area (Å²) in [5, 5.41) is 5.51. The molecule has 3 nitrogen and oxygen atoms in total. The third-order valence-corrected chi connectivity index (χ3v) is 7.36. The van der Waals surface area contributed by atoms with Gasteiger partial charge in [0, 0.05) is 10.2 Å². The molecule has 0 bridgehead atoms. The van der Waals surface area contributed by atoms with Crippen LogP contribution < -0.4 is 0 Å². The first-order valence-corrected chi connectivity index (χ1v) is 9.90. The maximum absolute atomic E-state index is 11.5. The number of hydrogen-bond donors (Lipinski definition) is 1. The summed E-state index contributed by atoms with van der Waals surface area (Å²) in [5.74, 6) is 0. The van der Waals surface area contributed by atoms with Gasteiger partial charge >= 0.3 is 0 Å². The Hall–Kier alpha value is -2.13. The molecule has 1 unspecified atom stereocenters. The lowest BCUT2D eigenvalue weighted by atomic mass is 10.1. The maximum Gasteiger partial charge on any atom is 0.294 e. The lowest BCUT2D eigenvalue weighted by Gasteiger charge is -2.03. The predicted octanol–water partition coefficient (Wildman–Crippen LogP) is 5.22. The Morgan fingerprint density at radius 2 is 1.39 bits per heavy atom. The van der Waals surface area contributed by atoms with Gasteiger partial charge < -0.3 is 0 Å². The SMILES string of the molecule is O=S(=O)(O)c1ccc2c(c1)c1ccccc1p2-c1ccccc1. The molecule has 0 aliphatic rings. The molecule has 0 aliphatic heterocycles. The third kappa shape index (κ3) is 2.36. The van der Waals surface area contributed by atoms with E-state index < -0.39 is 17.7 Å². The Morgan fingerprint density at radius 3 is 2.13 bits per heavy atom. The van der Waals surface area contributed by atoms with Gasteiger partial charge in [0.05, 0.1) is 4.90 Å². The molecule has 0 spiro atoms. The molecule has 1 aromatic heterocycles. The van der Waals surface area contributed by atoms with E-state index in [2.05, 4.69) is 18.2 Å². The number of fused-ring (bicyclic) bond motifs is 3. The highest BCUT2D eigenvalue weighted by atomic mass is 32.2. The molecule has 0 saturated carbocycles. The van der Waals surface area contributed by atoms with Crippen molar-refractivity contribution in [3.8, 4) is 5.30 Å². The van der Waals surface area contributed by atoms with Crippen molar-refractivity contribution in [3.05, 3.63) is 72.8 Å². The molecule has 114 valence electrons. The van der Waals surface area contributed by atoms with Gasteiger partial charge in [-0.15, -0.1) is 0 Å². The molecule has 4 aromatic rings. The van der Waals surface area contributed by atoms with E-state index in [-0.39, 0.29) is 4.90 Å². The minimum absolute atomic E-state index is 0.0593. The van der Waals surface area contributed by atoms with E-state index in [0.717, 1.165) is 15.9 Å². The fraction of sp³-hybridized carbons (Fsp3) is 0. The van der Waals surface area contributed by atoms with Gasteiger partial charge in [-0.05, 0) is 34.3 Å². The minimum Gasteiger partial charge on any atom is -0.282 e. The molecule has 3 aromatic carbocycles. The fourth-order valence-electron chi connectivity index (χ4n) is 2.97. The first kappa shape index (κ1) is 14.5. The van der Waals surface area contributed by atoms with E-state index in [9.17, 15) is 13.0 Å². The van der Waals surface area contributed by atoms with Crippen molar-refractivity contribution in [1.82, 2.24) is 0 Å². The lowest BCUT2D eigenvalue weighted by molar-refractivity contribution is 0.483. The summed E-state index contributed by atoms with van der Waals surface area (Å²) in [5.41, 5.74) is 0. The second-order valence-corrected chi connectivity index (χ2v) is 8.91. The summed E-state index contributed by atoms with van der Waals surface area (Å²) in [4.78, 5) is -0.0593. The monoisotopic (exact) mass is 340 g/mol. The van der Waals surface area contributed by atoms with Crippen LogP contribution in [0.2, 0.25) is 0 Å². The summed E-state index contributed by atoms with van der Waals surface area (Å²) in [7, 11) is -4.90. The number of hydrogen-bond acceptors (Lipinski definition) is 2. The van der Waals surface area contributed by atoms with Crippen molar-refractivity contribution in [2.45, 2.75) is 4.90 Å². The van der Waals surface area contributed by atoms with Crippen molar-refractivity contribution in [2.24, 2.45) is 0 Å². The average Bonchev–Trinajstić information content (AvgIpc) is 2.88. The topological polar surface area (TPSA) is 54.4 Å². The van der Waals surface area contributed by atoms with Crippen LogP contribution in [0.1, 0.15) is 0 Å². The average molecular weight is 340 g/mol. The Balaban J connectivity index is 2.17. The van der Waals surface area contributed by atoms with Gasteiger partial charge in [0.1, 0.15) is 0 Å². The Labute approximate surface area is 135 Å². The van der Waals surface area contributed by atoms with Crippen LogP contribution >= 0.6 is 7.53 Å². The minimum atomic E-state index is -4.20. The molecule has 0 radical (unpaired) electrons. The van der Waals surface area contributed by atoms with Gasteiger partial charge in [-0.25, -0.2) is 0 Å². The molecule has 1 heterocycles. The fourth-order valence-corrected chi connectivity index (χ4v) is 6.08. The normalized spacial score (nSPS) is 12.8. The van der Waals surface area contributed by atoms with Crippen LogP contribution in [-0.4, -0.2) is 13.0 Å². The molecule has 0 fully saturated rings. The van der Waals surface area contributed by atoms with Gasteiger partial charge in [-0.2, -0.15) is 8.42 Å². The highest BCUT2D eigenvalue weighted by Crippen LogP contribution is 2.55. The van der Waals surface area contributed by atoms with Crippen molar-refractivity contribution < 1.29 is 13.0 Å². The van der Waals surface area contributed by atoms with E-state index in [1.54, 1.807) is 6.07 Å². The van der Waals surface area contributed by atoms with E-state index in [1.807, 2.05) is 42.5 Å². The predicted molar refractivity (Wildman–Crippen MR) is 95.3 cm³/mol. The van der Waals surface area contributed by atoms with Crippen molar-refractivity contribution >= 4 is 38.7 Å². The summed E-state index contributed by atoms with van der Waals surface area (Å²) in [6, 6.07) is 23.2. The molecule has 5 heteroatoms. The van der Waals surface area contributed by atoms with Crippen LogP contribution in [0.5, 0.6) is 0 Å². The molecule has 1 N–H and O–H groups in total. The third-order valence-electron chi connectivity index (χ3n) is 3.96. The largest absolute Gasteiger partial charge is 0.294 e. The molecule has 0 amide bonds. The van der Waals surface area contributed by atoms with Gasteiger partial charge in [0.2, 0.25) is 0 Å². The standard InChI is InChI=1S/C18H13O3PS/c19-23(20,21)14-10-11-18-16(12-14)15-8-4-5-9-17(15)22(18)13-6-2-1-3-7-13/h1-12H,(H,19,20,21). The quantitative estimate of drug-likeness (QED) is 0.509. The summed E-state index contributed by atoms with van der Waals surface area (Å²) in [6.07, 6.45) is 0. The van der Waals surface area contributed by atoms with Gasteiger partial charge in [0.15, 0.2) is 0 Å². The van der Waals surface area contributed by atoms with Crippen molar-refractivity contribution in [2.75, 3.05) is 0 Å². The second-order valence-electron chi connectivity index (χ2n) is 5.34. The van der Waals surface area contributed by atoms with Crippen LogP contribution in [0.15, 0.2) is 77.7 Å². The summed E-state index contributed by atoms with van der Waals surface area (Å²) >= 11 is 0.